The normalized spacial score (nSPS) is 23.0. The van der Waals surface area contributed by atoms with E-state index < -0.39 is 17.7 Å². The summed E-state index contributed by atoms with van der Waals surface area (Å²) >= 11 is 12.1. The first-order valence-electron chi connectivity index (χ1n) is 11.2. The van der Waals surface area contributed by atoms with Crippen LogP contribution in [-0.4, -0.2) is 16.7 Å². The lowest BCUT2D eigenvalue weighted by molar-refractivity contribution is -0.130. The van der Waals surface area contributed by atoms with E-state index in [9.17, 15) is 4.79 Å². The second-order valence-corrected chi connectivity index (χ2v) is 10.0. The fourth-order valence-corrected chi connectivity index (χ4v) is 5.60. The molecule has 2 heterocycles. The number of ether oxygens (including phenoxy) is 1. The number of carbonyl (C=O) groups is 1. The molecule has 2 N–H and O–H groups in total. The van der Waals surface area contributed by atoms with Gasteiger partial charge in [-0.15, -0.1) is 0 Å². The molecule has 174 valence electrons. The minimum atomic E-state index is -1.06. The van der Waals surface area contributed by atoms with Crippen LogP contribution >= 0.6 is 23.8 Å². The Morgan fingerprint density at radius 1 is 1.06 bits per heavy atom. The van der Waals surface area contributed by atoms with E-state index >= 15 is 0 Å². The minimum Gasteiger partial charge on any atom is -0.467 e. The average Bonchev–Trinajstić information content (AvgIpc) is 2.77. The fourth-order valence-electron chi connectivity index (χ4n) is 5.00. The van der Waals surface area contributed by atoms with Crippen LogP contribution in [0.2, 0.25) is 5.02 Å². The number of nitrogens with one attached hydrogen (secondary N) is 2. The molecule has 0 aliphatic carbocycles. The van der Waals surface area contributed by atoms with E-state index in [2.05, 4.69) is 16.7 Å². The second-order valence-electron chi connectivity index (χ2n) is 9.22. The van der Waals surface area contributed by atoms with Crippen molar-refractivity contribution in [2.24, 2.45) is 5.92 Å². The summed E-state index contributed by atoms with van der Waals surface area (Å²) in [5.74, 6) is -0.0936. The highest BCUT2D eigenvalue weighted by Crippen LogP contribution is 2.50. The van der Waals surface area contributed by atoms with Gasteiger partial charge in [0.1, 0.15) is 11.7 Å². The molecule has 3 aromatic rings. The molecule has 34 heavy (non-hydrogen) atoms. The highest BCUT2D eigenvalue weighted by Gasteiger charge is 2.59. The van der Waals surface area contributed by atoms with E-state index in [1.54, 1.807) is 6.07 Å². The molecule has 5 nitrogen and oxygen atoms in total. The number of fused-ring (bicyclic) bond motifs is 4. The molecule has 3 atom stereocenters. The summed E-state index contributed by atoms with van der Waals surface area (Å²) in [6.07, 6.45) is 0. The van der Waals surface area contributed by atoms with Crippen LogP contribution in [0.25, 0.3) is 0 Å². The molecule has 5 rings (SSSR count). The largest absolute Gasteiger partial charge is 0.467 e. The zero-order chi connectivity index (χ0) is 24.2. The number of aryl methyl sites for hydroxylation is 3. The van der Waals surface area contributed by atoms with E-state index in [1.165, 1.54) is 0 Å². The van der Waals surface area contributed by atoms with Crippen LogP contribution < -0.4 is 20.3 Å². The average molecular weight is 492 g/mol. The van der Waals surface area contributed by atoms with Gasteiger partial charge in [-0.05, 0) is 81.9 Å². The quantitative estimate of drug-likeness (QED) is 0.436. The molecule has 1 fully saturated rings. The number of rotatable bonds is 3. The van der Waals surface area contributed by atoms with Crippen molar-refractivity contribution < 1.29 is 9.53 Å². The molecular weight excluding hydrogens is 466 g/mol. The summed E-state index contributed by atoms with van der Waals surface area (Å²) < 4.78 is 6.61. The van der Waals surface area contributed by atoms with Crippen molar-refractivity contribution >= 4 is 46.2 Å². The smallest absolute Gasteiger partial charge is 0.236 e. The number of benzene rings is 3. The Hall–Kier alpha value is -3.09. The molecule has 1 amide bonds. The molecule has 7 heteroatoms. The van der Waals surface area contributed by atoms with E-state index in [4.69, 9.17) is 28.6 Å². The van der Waals surface area contributed by atoms with Crippen molar-refractivity contribution in [3.8, 4) is 5.75 Å². The van der Waals surface area contributed by atoms with Crippen LogP contribution in [0, 0.1) is 26.7 Å². The maximum atomic E-state index is 13.9. The summed E-state index contributed by atoms with van der Waals surface area (Å²) in [5.41, 5.74) is 4.66. The molecule has 0 spiro atoms. The standard InChI is InChI=1S/C27H26ClN3O2S/c1-15-5-9-19(10-6-15)31-26(34)30-24-20-14-18(28)8-12-22(20)33-27(31,4)23(24)25(32)29-21-11-7-16(2)13-17(21)3/h5-14,23-24H,1-4H3,(H,29,32)(H,30,34). The number of hydrogen-bond donors (Lipinski definition) is 2. The Labute approximate surface area is 210 Å². The van der Waals surface area contributed by atoms with Gasteiger partial charge in [-0.3, -0.25) is 9.69 Å². The van der Waals surface area contributed by atoms with Gasteiger partial charge in [0.2, 0.25) is 5.91 Å². The third kappa shape index (κ3) is 3.71. The molecule has 3 unspecified atom stereocenters. The lowest BCUT2D eigenvalue weighted by Gasteiger charge is -2.56. The Bertz CT molecular complexity index is 1310. The Kier molecular flexibility index (Phi) is 5.53. The number of nitrogens with zero attached hydrogens (tertiary/aromatic N) is 1. The molecule has 0 saturated carbocycles. The number of carbonyl (C=O) groups excluding carboxylic acids is 1. The predicted molar refractivity (Wildman–Crippen MR) is 141 cm³/mol. The van der Waals surface area contributed by atoms with Crippen molar-refractivity contribution in [1.29, 1.82) is 0 Å². The van der Waals surface area contributed by atoms with Crippen molar-refractivity contribution in [3.05, 3.63) is 87.9 Å². The van der Waals surface area contributed by atoms with Crippen LogP contribution in [0.4, 0.5) is 11.4 Å². The Balaban J connectivity index is 1.63. The first-order chi connectivity index (χ1) is 16.2. The monoisotopic (exact) mass is 491 g/mol. The Morgan fingerprint density at radius 3 is 2.47 bits per heavy atom. The molecule has 0 radical (unpaired) electrons. The molecule has 2 aliphatic rings. The third-order valence-corrected chi connectivity index (χ3v) is 7.21. The van der Waals surface area contributed by atoms with Gasteiger partial charge in [-0.1, -0.05) is 47.0 Å². The van der Waals surface area contributed by atoms with Gasteiger partial charge in [-0.25, -0.2) is 0 Å². The van der Waals surface area contributed by atoms with Crippen molar-refractivity contribution in [2.75, 3.05) is 10.2 Å². The molecule has 0 aromatic heterocycles. The lowest BCUT2D eigenvalue weighted by Crippen LogP contribution is -2.72. The topological polar surface area (TPSA) is 53.6 Å². The first-order valence-corrected chi connectivity index (χ1v) is 12.0. The van der Waals surface area contributed by atoms with Gasteiger partial charge in [-0.2, -0.15) is 0 Å². The number of hydrogen-bond acceptors (Lipinski definition) is 3. The molecule has 1 saturated heterocycles. The number of halogens is 1. The number of amides is 1. The molecular formula is C27H26ClN3O2S. The third-order valence-electron chi connectivity index (χ3n) is 6.67. The Morgan fingerprint density at radius 2 is 1.76 bits per heavy atom. The van der Waals surface area contributed by atoms with Gasteiger partial charge in [0.25, 0.3) is 0 Å². The highest BCUT2D eigenvalue weighted by atomic mass is 35.5. The van der Waals surface area contributed by atoms with Crippen LogP contribution in [0.15, 0.2) is 60.7 Å². The zero-order valence-corrected chi connectivity index (χ0v) is 21.1. The molecule has 3 aromatic carbocycles. The fraction of sp³-hybridized carbons (Fsp3) is 0.259. The van der Waals surface area contributed by atoms with Crippen LogP contribution in [-0.2, 0) is 4.79 Å². The first kappa shape index (κ1) is 22.7. The second kappa shape index (κ2) is 8.29. The van der Waals surface area contributed by atoms with Gasteiger partial charge in [0.15, 0.2) is 10.8 Å². The van der Waals surface area contributed by atoms with Crippen molar-refractivity contribution in [3.63, 3.8) is 0 Å². The van der Waals surface area contributed by atoms with Crippen LogP contribution in [0.5, 0.6) is 5.75 Å². The maximum Gasteiger partial charge on any atom is 0.236 e. The van der Waals surface area contributed by atoms with Gasteiger partial charge in [0, 0.05) is 22.0 Å². The lowest BCUT2D eigenvalue weighted by atomic mass is 9.78. The van der Waals surface area contributed by atoms with Crippen LogP contribution in [0.1, 0.15) is 35.2 Å². The molecule has 2 bridgehead atoms. The molecule has 2 aliphatic heterocycles. The van der Waals surface area contributed by atoms with Crippen molar-refractivity contribution in [1.82, 2.24) is 5.32 Å². The summed E-state index contributed by atoms with van der Waals surface area (Å²) in [6.45, 7) is 7.98. The number of anilines is 2. The van der Waals surface area contributed by atoms with E-state index in [-0.39, 0.29) is 5.91 Å². The maximum absolute atomic E-state index is 13.9. The van der Waals surface area contributed by atoms with Gasteiger partial charge >= 0.3 is 0 Å². The summed E-state index contributed by atoms with van der Waals surface area (Å²) in [5, 5.41) is 7.63. The summed E-state index contributed by atoms with van der Waals surface area (Å²) in [4.78, 5) is 15.8. The van der Waals surface area contributed by atoms with Gasteiger partial charge in [0.05, 0.1) is 6.04 Å². The number of thiocarbonyl (C=S) groups is 1. The van der Waals surface area contributed by atoms with Crippen molar-refractivity contribution in [2.45, 2.75) is 39.5 Å². The SMILES string of the molecule is Cc1ccc(N2C(=S)NC3c4cc(Cl)ccc4OC2(C)C3C(=O)Nc2ccc(C)cc2C)cc1. The van der Waals surface area contributed by atoms with E-state index in [0.29, 0.717) is 15.9 Å². The zero-order valence-electron chi connectivity index (χ0n) is 19.5. The summed E-state index contributed by atoms with van der Waals surface area (Å²) in [6, 6.07) is 19.1. The minimum absolute atomic E-state index is 0.155. The van der Waals surface area contributed by atoms with E-state index in [0.717, 1.165) is 33.6 Å². The van der Waals surface area contributed by atoms with Gasteiger partial charge < -0.3 is 15.4 Å². The predicted octanol–water partition coefficient (Wildman–Crippen LogP) is 6.06. The highest BCUT2D eigenvalue weighted by molar-refractivity contribution is 7.80. The van der Waals surface area contributed by atoms with Crippen LogP contribution in [0.3, 0.4) is 0 Å². The summed E-state index contributed by atoms with van der Waals surface area (Å²) in [7, 11) is 0. The van der Waals surface area contributed by atoms with E-state index in [1.807, 2.05) is 81.1 Å².